The molecule has 0 amide bonds. The van der Waals surface area contributed by atoms with E-state index in [1.54, 1.807) is 29.1 Å². The van der Waals surface area contributed by atoms with Crippen LogP contribution in [0.1, 0.15) is 13.8 Å². The third-order valence-electron chi connectivity index (χ3n) is 3.32. The zero-order chi connectivity index (χ0) is 14.2. The fraction of sp³-hybridized carbons (Fsp3) is 0.400. The molecule has 2 rings (SSSR count). The molecule has 0 aliphatic heterocycles. The number of nitrogens with one attached hydrogen (secondary N) is 1. The van der Waals surface area contributed by atoms with Crippen molar-refractivity contribution in [1.82, 2.24) is 15.2 Å². The average Bonchev–Trinajstić information content (AvgIpc) is 2.53. The van der Waals surface area contributed by atoms with Gasteiger partial charge in [-0.2, -0.15) is 0 Å². The van der Waals surface area contributed by atoms with Crippen LogP contribution in [0.2, 0.25) is 0 Å². The summed E-state index contributed by atoms with van der Waals surface area (Å²) in [6, 6.07) is 7.96. The molecule has 0 unspecified atom stereocenters. The molecule has 1 N–H and O–H groups in total. The second-order valence-electron chi connectivity index (χ2n) is 4.55. The zero-order valence-electron chi connectivity index (χ0n) is 12.0. The standard InChI is InChI=1S/C15H20N4S/c1-3-19(4-2)11-12-20-15-6-5-14(17-18-15)13-7-9-16-10-8-13/h5-10H,3-4,11-12H2,1-2H3/p+1. The topological polar surface area (TPSA) is 43.1 Å². The number of hydrogen-bond donors (Lipinski definition) is 1. The highest BCUT2D eigenvalue weighted by atomic mass is 32.2. The maximum atomic E-state index is 4.29. The molecule has 0 fully saturated rings. The monoisotopic (exact) mass is 289 g/mol. The van der Waals surface area contributed by atoms with Gasteiger partial charge < -0.3 is 4.90 Å². The zero-order valence-corrected chi connectivity index (χ0v) is 12.9. The van der Waals surface area contributed by atoms with E-state index < -0.39 is 0 Å². The van der Waals surface area contributed by atoms with E-state index in [4.69, 9.17) is 0 Å². The molecular formula is C15H21N4S+. The molecule has 4 nitrogen and oxygen atoms in total. The van der Waals surface area contributed by atoms with Gasteiger partial charge in [-0.15, -0.1) is 10.2 Å². The molecule has 5 heteroatoms. The molecule has 0 aliphatic rings. The van der Waals surface area contributed by atoms with Crippen LogP contribution in [0.15, 0.2) is 41.7 Å². The van der Waals surface area contributed by atoms with Gasteiger partial charge in [0.2, 0.25) is 0 Å². The van der Waals surface area contributed by atoms with E-state index in [-0.39, 0.29) is 0 Å². The summed E-state index contributed by atoms with van der Waals surface area (Å²) >= 11 is 1.78. The van der Waals surface area contributed by atoms with Crippen molar-refractivity contribution < 1.29 is 4.90 Å². The van der Waals surface area contributed by atoms with Gasteiger partial charge in [0.15, 0.2) is 0 Å². The van der Waals surface area contributed by atoms with E-state index in [9.17, 15) is 0 Å². The SMILES string of the molecule is CC[NH+](CC)CCSc1ccc(-c2ccncc2)nn1. The Balaban J connectivity index is 1.89. The van der Waals surface area contributed by atoms with Crippen LogP contribution < -0.4 is 4.90 Å². The molecule has 20 heavy (non-hydrogen) atoms. The Labute approximate surface area is 124 Å². The molecule has 0 aliphatic carbocycles. The molecule has 2 aromatic heterocycles. The summed E-state index contributed by atoms with van der Waals surface area (Å²) in [7, 11) is 0. The van der Waals surface area contributed by atoms with Crippen LogP contribution in [0, 0.1) is 0 Å². The summed E-state index contributed by atoms with van der Waals surface area (Å²) in [6.07, 6.45) is 3.54. The van der Waals surface area contributed by atoms with E-state index >= 15 is 0 Å². The van der Waals surface area contributed by atoms with E-state index in [1.165, 1.54) is 19.6 Å². The highest BCUT2D eigenvalue weighted by molar-refractivity contribution is 7.99. The minimum absolute atomic E-state index is 0.895. The quantitative estimate of drug-likeness (QED) is 0.786. The molecule has 106 valence electrons. The maximum Gasteiger partial charge on any atom is 0.119 e. The van der Waals surface area contributed by atoms with Gasteiger partial charge in [0.1, 0.15) is 5.03 Å². The first-order valence-electron chi connectivity index (χ1n) is 7.04. The molecule has 0 spiro atoms. The van der Waals surface area contributed by atoms with Crippen LogP contribution in [0.25, 0.3) is 11.3 Å². The number of hydrogen-bond acceptors (Lipinski definition) is 4. The summed E-state index contributed by atoms with van der Waals surface area (Å²) in [5, 5.41) is 9.56. The minimum Gasteiger partial charge on any atom is -0.335 e. The molecule has 0 saturated heterocycles. The summed E-state index contributed by atoms with van der Waals surface area (Å²) in [6.45, 7) is 8.00. The fourth-order valence-electron chi connectivity index (χ4n) is 1.98. The summed E-state index contributed by atoms with van der Waals surface area (Å²) in [5.41, 5.74) is 1.95. The molecule has 0 bridgehead atoms. The van der Waals surface area contributed by atoms with Crippen molar-refractivity contribution in [3.8, 4) is 11.3 Å². The van der Waals surface area contributed by atoms with Gasteiger partial charge in [0.25, 0.3) is 0 Å². The first-order chi connectivity index (χ1) is 9.83. The van der Waals surface area contributed by atoms with Gasteiger partial charge in [0, 0.05) is 23.7 Å². The van der Waals surface area contributed by atoms with E-state index in [0.717, 1.165) is 22.0 Å². The lowest BCUT2D eigenvalue weighted by molar-refractivity contribution is -0.893. The van der Waals surface area contributed by atoms with Gasteiger partial charge in [-0.3, -0.25) is 4.98 Å². The molecular weight excluding hydrogens is 268 g/mol. The lowest BCUT2D eigenvalue weighted by Gasteiger charge is -2.14. The fourth-order valence-corrected chi connectivity index (χ4v) is 2.84. The molecule has 2 aromatic rings. The Hall–Kier alpha value is -1.46. The lowest BCUT2D eigenvalue weighted by atomic mass is 10.2. The Kier molecular flexibility index (Phi) is 5.95. The Bertz CT molecular complexity index is 497. The van der Waals surface area contributed by atoms with E-state index in [2.05, 4.69) is 29.0 Å². The van der Waals surface area contributed by atoms with Crippen LogP contribution in [0.5, 0.6) is 0 Å². The lowest BCUT2D eigenvalue weighted by Crippen LogP contribution is -3.11. The van der Waals surface area contributed by atoms with Crippen LogP contribution in [0.3, 0.4) is 0 Å². The van der Waals surface area contributed by atoms with Crippen molar-refractivity contribution in [2.75, 3.05) is 25.4 Å². The predicted octanol–water partition coefficient (Wildman–Crippen LogP) is 1.56. The second-order valence-corrected chi connectivity index (χ2v) is 5.66. The van der Waals surface area contributed by atoms with Gasteiger partial charge in [0.05, 0.1) is 25.3 Å². The Morgan fingerprint density at radius 3 is 2.35 bits per heavy atom. The second kappa shape index (κ2) is 7.97. The van der Waals surface area contributed by atoms with Crippen LogP contribution in [0.4, 0.5) is 0 Å². The van der Waals surface area contributed by atoms with E-state index in [1.807, 2.05) is 24.3 Å². The number of aromatic nitrogens is 3. The number of rotatable bonds is 7. The highest BCUT2D eigenvalue weighted by Gasteiger charge is 2.05. The van der Waals surface area contributed by atoms with E-state index in [0.29, 0.717) is 0 Å². The first kappa shape index (κ1) is 14.9. The third-order valence-corrected chi connectivity index (χ3v) is 4.24. The van der Waals surface area contributed by atoms with Crippen LogP contribution in [-0.2, 0) is 0 Å². The summed E-state index contributed by atoms with van der Waals surface area (Å²) in [4.78, 5) is 5.63. The number of pyridine rings is 1. The largest absolute Gasteiger partial charge is 0.335 e. The Morgan fingerprint density at radius 1 is 1.00 bits per heavy atom. The molecule has 2 heterocycles. The molecule has 0 saturated carbocycles. The highest BCUT2D eigenvalue weighted by Crippen LogP contribution is 2.18. The molecule has 0 radical (unpaired) electrons. The number of thioether (sulfide) groups is 1. The van der Waals surface area contributed by atoms with Gasteiger partial charge in [-0.05, 0) is 38.1 Å². The van der Waals surface area contributed by atoms with Crippen molar-refractivity contribution in [2.45, 2.75) is 18.9 Å². The average molecular weight is 289 g/mol. The number of quaternary nitrogens is 1. The van der Waals surface area contributed by atoms with Gasteiger partial charge >= 0.3 is 0 Å². The van der Waals surface area contributed by atoms with Gasteiger partial charge in [-0.25, -0.2) is 0 Å². The predicted molar refractivity (Wildman–Crippen MR) is 82.9 cm³/mol. The third kappa shape index (κ3) is 4.28. The van der Waals surface area contributed by atoms with Gasteiger partial charge in [-0.1, -0.05) is 11.8 Å². The van der Waals surface area contributed by atoms with Crippen molar-refractivity contribution in [1.29, 1.82) is 0 Å². The van der Waals surface area contributed by atoms with Crippen LogP contribution in [-0.4, -0.2) is 40.6 Å². The van der Waals surface area contributed by atoms with Crippen molar-refractivity contribution in [3.63, 3.8) is 0 Å². The van der Waals surface area contributed by atoms with Crippen molar-refractivity contribution >= 4 is 11.8 Å². The number of nitrogens with zero attached hydrogens (tertiary/aromatic N) is 3. The normalized spacial score (nSPS) is 10.9. The summed E-state index contributed by atoms with van der Waals surface area (Å²) in [5.74, 6) is 1.08. The van der Waals surface area contributed by atoms with Crippen molar-refractivity contribution in [2.24, 2.45) is 0 Å². The minimum atomic E-state index is 0.895. The summed E-state index contributed by atoms with van der Waals surface area (Å²) < 4.78 is 0. The Morgan fingerprint density at radius 2 is 1.75 bits per heavy atom. The smallest absolute Gasteiger partial charge is 0.119 e. The first-order valence-corrected chi connectivity index (χ1v) is 8.02. The van der Waals surface area contributed by atoms with Crippen LogP contribution >= 0.6 is 11.8 Å². The maximum absolute atomic E-state index is 4.29. The molecule has 0 aromatic carbocycles. The molecule has 0 atom stereocenters. The van der Waals surface area contributed by atoms with Crippen molar-refractivity contribution in [3.05, 3.63) is 36.7 Å².